The lowest BCUT2D eigenvalue weighted by Gasteiger charge is -2.21. The van der Waals surface area contributed by atoms with Crippen LogP contribution in [-0.2, 0) is 10.2 Å². The van der Waals surface area contributed by atoms with Crippen LogP contribution in [0.15, 0.2) is 46.9 Å². The Labute approximate surface area is 184 Å². The highest BCUT2D eigenvalue weighted by molar-refractivity contribution is 9.10. The highest BCUT2D eigenvalue weighted by atomic mass is 79.9. The van der Waals surface area contributed by atoms with Gasteiger partial charge in [0.1, 0.15) is 5.75 Å². The number of benzene rings is 2. The fourth-order valence-electron chi connectivity index (χ4n) is 2.50. The summed E-state index contributed by atoms with van der Waals surface area (Å²) < 4.78 is 6.29. The number of hydrazine groups is 1. The molecule has 6 nitrogen and oxygen atoms in total. The number of amides is 2. The molecule has 3 N–H and O–H groups in total. The minimum absolute atomic E-state index is 0.0183. The van der Waals surface area contributed by atoms with Crippen LogP contribution in [0.5, 0.6) is 5.75 Å². The van der Waals surface area contributed by atoms with E-state index in [1.165, 1.54) is 0 Å². The Morgan fingerprint density at radius 2 is 1.79 bits per heavy atom. The predicted molar refractivity (Wildman–Crippen MR) is 121 cm³/mol. The van der Waals surface area contributed by atoms with Gasteiger partial charge in [0.15, 0.2) is 11.7 Å². The van der Waals surface area contributed by atoms with Crippen molar-refractivity contribution in [3.63, 3.8) is 0 Å². The van der Waals surface area contributed by atoms with E-state index in [1.54, 1.807) is 18.2 Å². The molecule has 2 rings (SSSR count). The van der Waals surface area contributed by atoms with E-state index in [2.05, 4.69) is 52.9 Å². The zero-order valence-corrected chi connectivity index (χ0v) is 19.2. The van der Waals surface area contributed by atoms with Crippen molar-refractivity contribution in [3.8, 4) is 5.75 Å². The Balaban J connectivity index is 1.83. The van der Waals surface area contributed by atoms with Gasteiger partial charge in [0.25, 0.3) is 11.8 Å². The third kappa shape index (κ3) is 6.83. The van der Waals surface area contributed by atoms with Crippen LogP contribution in [-0.4, -0.2) is 23.5 Å². The van der Waals surface area contributed by atoms with Gasteiger partial charge in [0, 0.05) is 10.0 Å². The minimum atomic E-state index is -0.429. The van der Waals surface area contributed by atoms with Crippen LogP contribution in [0.1, 0.15) is 42.3 Å². The molecular formula is C21H24BrN3O3S. The van der Waals surface area contributed by atoms with E-state index in [0.717, 1.165) is 15.6 Å². The first-order chi connectivity index (χ1) is 13.6. The molecule has 0 radical (unpaired) electrons. The molecule has 0 aliphatic rings. The van der Waals surface area contributed by atoms with Gasteiger partial charge in [-0.05, 0) is 53.9 Å². The molecular weight excluding hydrogens is 454 g/mol. The standard InChI is InChI=1S/C21H24BrN3O3S/c1-13-7-5-6-8-17(13)28-12-18(26)24-25-20(29)23-19(27)14-9-10-15(16(22)11-14)21(2,3)4/h5-11H,12H2,1-4H3,(H,24,26)(H2,23,25,27,29). The van der Waals surface area contributed by atoms with E-state index in [-0.39, 0.29) is 23.0 Å². The second kappa shape index (κ2) is 9.84. The molecule has 0 saturated heterocycles. The Morgan fingerprint density at radius 3 is 2.41 bits per heavy atom. The number of aryl methyl sites for hydroxylation is 1. The Hall–Kier alpha value is -2.45. The second-order valence-corrected chi connectivity index (χ2v) is 8.72. The Morgan fingerprint density at radius 1 is 1.10 bits per heavy atom. The van der Waals surface area contributed by atoms with Crippen molar-refractivity contribution in [3.05, 3.63) is 63.6 Å². The average Bonchev–Trinajstić information content (AvgIpc) is 2.64. The van der Waals surface area contributed by atoms with Gasteiger partial charge in [0.2, 0.25) is 0 Å². The first-order valence-corrected chi connectivity index (χ1v) is 10.2. The number of hydrogen-bond donors (Lipinski definition) is 3. The average molecular weight is 478 g/mol. The Kier molecular flexibility index (Phi) is 7.75. The summed E-state index contributed by atoms with van der Waals surface area (Å²) in [6.07, 6.45) is 0. The van der Waals surface area contributed by atoms with Crippen LogP contribution in [0.25, 0.3) is 0 Å². The quantitative estimate of drug-likeness (QED) is 0.461. The third-order valence-electron chi connectivity index (χ3n) is 4.03. The summed E-state index contributed by atoms with van der Waals surface area (Å²) in [5.74, 6) is -0.181. The third-order valence-corrected chi connectivity index (χ3v) is 4.89. The maximum Gasteiger partial charge on any atom is 0.276 e. The van der Waals surface area contributed by atoms with Crippen molar-refractivity contribution in [2.75, 3.05) is 6.61 Å². The lowest BCUT2D eigenvalue weighted by atomic mass is 9.86. The molecule has 2 amide bonds. The zero-order valence-electron chi connectivity index (χ0n) is 16.8. The van der Waals surface area contributed by atoms with Crippen molar-refractivity contribution in [2.24, 2.45) is 0 Å². The largest absolute Gasteiger partial charge is 0.483 e. The summed E-state index contributed by atoms with van der Waals surface area (Å²) in [7, 11) is 0. The number of thiocarbonyl (C=S) groups is 1. The summed E-state index contributed by atoms with van der Waals surface area (Å²) >= 11 is 8.56. The van der Waals surface area contributed by atoms with Gasteiger partial charge in [-0.25, -0.2) is 0 Å². The number of nitrogens with one attached hydrogen (secondary N) is 3. The monoisotopic (exact) mass is 477 g/mol. The molecule has 0 fully saturated rings. The molecule has 0 unspecified atom stereocenters. The van der Waals surface area contributed by atoms with Gasteiger partial charge in [-0.1, -0.05) is 61.0 Å². The van der Waals surface area contributed by atoms with Crippen molar-refractivity contribution >= 4 is 45.1 Å². The van der Waals surface area contributed by atoms with Crippen LogP contribution in [0.4, 0.5) is 0 Å². The number of carbonyl (C=O) groups is 2. The van der Waals surface area contributed by atoms with Crippen LogP contribution in [0.3, 0.4) is 0 Å². The molecule has 8 heteroatoms. The smallest absolute Gasteiger partial charge is 0.276 e. The van der Waals surface area contributed by atoms with Crippen LogP contribution in [0, 0.1) is 6.92 Å². The molecule has 0 saturated carbocycles. The molecule has 29 heavy (non-hydrogen) atoms. The van der Waals surface area contributed by atoms with Gasteiger partial charge in [-0.2, -0.15) is 0 Å². The van der Waals surface area contributed by atoms with Gasteiger partial charge < -0.3 is 4.74 Å². The summed E-state index contributed by atoms with van der Waals surface area (Å²) in [6.45, 7) is 7.99. The van der Waals surface area contributed by atoms with Gasteiger partial charge >= 0.3 is 0 Å². The van der Waals surface area contributed by atoms with E-state index in [4.69, 9.17) is 17.0 Å². The van der Waals surface area contributed by atoms with Gasteiger partial charge in [0.05, 0.1) is 0 Å². The SMILES string of the molecule is Cc1ccccc1OCC(=O)NNC(=S)NC(=O)c1ccc(C(C)(C)C)c(Br)c1. The molecule has 2 aromatic rings. The lowest BCUT2D eigenvalue weighted by Crippen LogP contribution is -2.49. The molecule has 0 aliphatic heterocycles. The summed E-state index contributed by atoms with van der Waals surface area (Å²) in [5.41, 5.74) is 7.31. The van der Waals surface area contributed by atoms with Gasteiger partial charge in [-0.15, -0.1) is 0 Å². The molecule has 0 spiro atoms. The fraction of sp³-hybridized carbons (Fsp3) is 0.286. The van der Waals surface area contributed by atoms with E-state index >= 15 is 0 Å². The number of ether oxygens (including phenoxy) is 1. The Bertz CT molecular complexity index is 926. The normalized spacial score (nSPS) is 10.8. The first kappa shape index (κ1) is 22.8. The van der Waals surface area contributed by atoms with Crippen molar-refractivity contribution in [1.29, 1.82) is 0 Å². The zero-order chi connectivity index (χ0) is 21.6. The fourth-order valence-corrected chi connectivity index (χ4v) is 3.61. The van der Waals surface area contributed by atoms with Crippen LogP contribution < -0.4 is 20.9 Å². The molecule has 2 aromatic carbocycles. The molecule has 0 aromatic heterocycles. The van der Waals surface area contributed by atoms with Crippen molar-refractivity contribution in [2.45, 2.75) is 33.1 Å². The second-order valence-electron chi connectivity index (χ2n) is 7.46. The maximum absolute atomic E-state index is 12.4. The lowest BCUT2D eigenvalue weighted by molar-refractivity contribution is -0.123. The van der Waals surface area contributed by atoms with Crippen LogP contribution >= 0.6 is 28.1 Å². The van der Waals surface area contributed by atoms with E-state index in [0.29, 0.717) is 11.3 Å². The van der Waals surface area contributed by atoms with Gasteiger partial charge in [-0.3, -0.25) is 25.8 Å². The number of rotatable bonds is 4. The van der Waals surface area contributed by atoms with Crippen LogP contribution in [0.2, 0.25) is 0 Å². The molecule has 0 heterocycles. The van der Waals surface area contributed by atoms with E-state index in [9.17, 15) is 9.59 Å². The number of halogens is 1. The highest BCUT2D eigenvalue weighted by Crippen LogP contribution is 2.30. The summed E-state index contributed by atoms with van der Waals surface area (Å²) in [5, 5.41) is 2.51. The number of para-hydroxylation sites is 1. The van der Waals surface area contributed by atoms with Crippen molar-refractivity contribution < 1.29 is 14.3 Å². The van der Waals surface area contributed by atoms with Crippen molar-refractivity contribution in [1.82, 2.24) is 16.2 Å². The summed E-state index contributed by atoms with van der Waals surface area (Å²) in [4.78, 5) is 24.3. The molecule has 0 bridgehead atoms. The number of carbonyl (C=O) groups excluding carboxylic acids is 2. The maximum atomic E-state index is 12.4. The topological polar surface area (TPSA) is 79.5 Å². The molecule has 0 atom stereocenters. The molecule has 154 valence electrons. The van der Waals surface area contributed by atoms with E-state index in [1.807, 2.05) is 31.2 Å². The molecule has 0 aliphatic carbocycles. The number of hydrogen-bond acceptors (Lipinski definition) is 4. The summed E-state index contributed by atoms with van der Waals surface area (Å²) in [6, 6.07) is 12.8. The highest BCUT2D eigenvalue weighted by Gasteiger charge is 2.18. The minimum Gasteiger partial charge on any atom is -0.483 e. The first-order valence-electron chi connectivity index (χ1n) is 8.96. The predicted octanol–water partition coefficient (Wildman–Crippen LogP) is 3.77. The van der Waals surface area contributed by atoms with E-state index < -0.39 is 5.91 Å².